The van der Waals surface area contributed by atoms with Crippen molar-refractivity contribution in [2.45, 2.75) is 32.1 Å². The summed E-state index contributed by atoms with van der Waals surface area (Å²) in [6, 6.07) is 0. The summed E-state index contributed by atoms with van der Waals surface area (Å²) in [6.45, 7) is 0.520. The number of nitrogens with two attached hydrogens (primary N) is 1. The van der Waals surface area contributed by atoms with Gasteiger partial charge in [-0.25, -0.2) is 0 Å². The molecule has 0 fully saturated rings. The quantitative estimate of drug-likeness (QED) is 0.488. The molecule has 0 radical (unpaired) electrons. The van der Waals surface area contributed by atoms with Crippen molar-refractivity contribution in [3.63, 3.8) is 0 Å². The third kappa shape index (κ3) is 5.28. The predicted molar refractivity (Wildman–Crippen MR) is 63.8 cm³/mol. The summed E-state index contributed by atoms with van der Waals surface area (Å²) >= 11 is 0. The first-order chi connectivity index (χ1) is 8.59. The van der Waals surface area contributed by atoms with Crippen LogP contribution in [0.4, 0.5) is 5.95 Å². The highest BCUT2D eigenvalue weighted by atomic mass is 16.4. The molecule has 1 rings (SSSR count). The number of amides is 1. The van der Waals surface area contributed by atoms with Crippen LogP contribution in [0.1, 0.15) is 42.7 Å². The van der Waals surface area contributed by atoms with Crippen LogP contribution in [-0.2, 0) is 4.79 Å². The second-order valence-electron chi connectivity index (χ2n) is 3.86. The van der Waals surface area contributed by atoms with Gasteiger partial charge in [0.15, 0.2) is 0 Å². The number of carbonyl (C=O) groups excluding carboxylic acids is 1. The Hall–Kier alpha value is -2.12. The Balaban J connectivity index is 2.04. The molecule has 1 aromatic rings. The van der Waals surface area contributed by atoms with Crippen LogP contribution in [0.15, 0.2) is 0 Å². The summed E-state index contributed by atoms with van der Waals surface area (Å²) in [4.78, 5) is 25.4. The zero-order chi connectivity index (χ0) is 13.4. The molecule has 0 aromatic carbocycles. The van der Waals surface area contributed by atoms with E-state index in [0.29, 0.717) is 13.0 Å². The largest absolute Gasteiger partial charge is 0.481 e. The van der Waals surface area contributed by atoms with Crippen LogP contribution in [0.25, 0.3) is 0 Å². The summed E-state index contributed by atoms with van der Waals surface area (Å²) in [7, 11) is 0. The number of hydrogen-bond acceptors (Lipinski definition) is 5. The number of rotatable bonds is 8. The number of anilines is 1. The van der Waals surface area contributed by atoms with Gasteiger partial charge < -0.3 is 16.2 Å². The highest BCUT2D eigenvalue weighted by Crippen LogP contribution is 2.02. The molecule has 1 heterocycles. The third-order valence-corrected chi connectivity index (χ3v) is 2.32. The average Bonchev–Trinajstić information content (AvgIpc) is 2.74. The first kappa shape index (κ1) is 13.9. The van der Waals surface area contributed by atoms with Crippen LogP contribution < -0.4 is 11.1 Å². The maximum atomic E-state index is 11.5. The lowest BCUT2D eigenvalue weighted by Gasteiger charge is -2.02. The van der Waals surface area contributed by atoms with Gasteiger partial charge in [-0.05, 0) is 12.8 Å². The summed E-state index contributed by atoms with van der Waals surface area (Å²) in [5, 5.41) is 17.1. The van der Waals surface area contributed by atoms with E-state index in [0.717, 1.165) is 19.3 Å². The van der Waals surface area contributed by atoms with E-state index in [1.54, 1.807) is 0 Å². The van der Waals surface area contributed by atoms with Gasteiger partial charge in [0.1, 0.15) is 0 Å². The molecular weight excluding hydrogens is 238 g/mol. The lowest BCUT2D eigenvalue weighted by Crippen LogP contribution is -2.25. The maximum absolute atomic E-state index is 11.5. The number of nitrogens with zero attached hydrogens (tertiary/aromatic N) is 2. The fourth-order valence-corrected chi connectivity index (χ4v) is 1.42. The van der Waals surface area contributed by atoms with Gasteiger partial charge in [0.2, 0.25) is 11.8 Å². The molecule has 0 unspecified atom stereocenters. The Bertz CT molecular complexity index is 404. The zero-order valence-electron chi connectivity index (χ0n) is 9.98. The number of unbranched alkanes of at least 4 members (excludes halogenated alkanes) is 3. The van der Waals surface area contributed by atoms with E-state index in [-0.39, 0.29) is 24.1 Å². The van der Waals surface area contributed by atoms with Gasteiger partial charge in [0.05, 0.1) is 0 Å². The monoisotopic (exact) mass is 255 g/mol. The van der Waals surface area contributed by atoms with Crippen LogP contribution in [0.3, 0.4) is 0 Å². The molecule has 100 valence electrons. The molecule has 0 bridgehead atoms. The summed E-state index contributed by atoms with van der Waals surface area (Å²) < 4.78 is 0. The van der Waals surface area contributed by atoms with E-state index in [2.05, 4.69) is 20.5 Å². The predicted octanol–water partition coefficient (Wildman–Crippen LogP) is 0.152. The maximum Gasteiger partial charge on any atom is 0.303 e. The second-order valence-corrected chi connectivity index (χ2v) is 3.86. The van der Waals surface area contributed by atoms with Crippen molar-refractivity contribution < 1.29 is 14.7 Å². The minimum atomic E-state index is -0.772. The normalized spacial score (nSPS) is 10.2. The van der Waals surface area contributed by atoms with Gasteiger partial charge in [0.25, 0.3) is 5.91 Å². The van der Waals surface area contributed by atoms with Crippen LogP contribution in [0, 0.1) is 0 Å². The Labute approximate surface area is 104 Å². The fraction of sp³-hybridized carbons (Fsp3) is 0.600. The summed E-state index contributed by atoms with van der Waals surface area (Å²) in [5.74, 6) is -0.983. The Morgan fingerprint density at radius 3 is 2.61 bits per heavy atom. The number of aliphatic carboxylic acids is 1. The number of carbonyl (C=O) groups is 2. The van der Waals surface area contributed by atoms with Crippen LogP contribution in [0.2, 0.25) is 0 Å². The highest BCUT2D eigenvalue weighted by molar-refractivity contribution is 5.90. The molecule has 8 heteroatoms. The van der Waals surface area contributed by atoms with E-state index < -0.39 is 5.97 Å². The number of carboxylic acids is 1. The van der Waals surface area contributed by atoms with E-state index in [1.807, 2.05) is 0 Å². The van der Waals surface area contributed by atoms with Crippen LogP contribution in [-0.4, -0.2) is 38.7 Å². The van der Waals surface area contributed by atoms with Gasteiger partial charge in [-0.15, -0.1) is 5.10 Å². The molecule has 18 heavy (non-hydrogen) atoms. The Kier molecular flexibility index (Phi) is 5.62. The first-order valence-corrected chi connectivity index (χ1v) is 5.77. The molecule has 1 aromatic heterocycles. The molecular formula is C10H17N5O3. The number of carboxylic acid groups (broad SMARTS) is 1. The van der Waals surface area contributed by atoms with Crippen molar-refractivity contribution >= 4 is 17.8 Å². The number of nitrogen functional groups attached to an aromatic ring is 1. The van der Waals surface area contributed by atoms with Crippen molar-refractivity contribution in [2.24, 2.45) is 0 Å². The third-order valence-electron chi connectivity index (χ3n) is 2.32. The zero-order valence-corrected chi connectivity index (χ0v) is 9.98. The number of nitrogens with one attached hydrogen (secondary N) is 2. The Morgan fingerprint density at radius 2 is 2.00 bits per heavy atom. The fourth-order valence-electron chi connectivity index (χ4n) is 1.42. The molecule has 0 aliphatic heterocycles. The lowest BCUT2D eigenvalue weighted by molar-refractivity contribution is -0.137. The van der Waals surface area contributed by atoms with Crippen LogP contribution in [0.5, 0.6) is 0 Å². The number of hydrogen-bond donors (Lipinski definition) is 4. The molecule has 0 aliphatic carbocycles. The number of H-pyrrole nitrogens is 1. The van der Waals surface area contributed by atoms with E-state index in [9.17, 15) is 9.59 Å². The van der Waals surface area contributed by atoms with Gasteiger partial charge in [0, 0.05) is 13.0 Å². The van der Waals surface area contributed by atoms with Gasteiger partial charge in [-0.3, -0.25) is 14.7 Å². The van der Waals surface area contributed by atoms with Gasteiger partial charge in [-0.2, -0.15) is 4.98 Å². The average molecular weight is 255 g/mol. The number of aromatic amines is 1. The van der Waals surface area contributed by atoms with Crippen molar-refractivity contribution in [1.29, 1.82) is 0 Å². The Morgan fingerprint density at radius 1 is 1.28 bits per heavy atom. The molecule has 8 nitrogen and oxygen atoms in total. The molecule has 0 saturated carbocycles. The lowest BCUT2D eigenvalue weighted by atomic mass is 10.1. The molecule has 0 aliphatic rings. The molecule has 0 saturated heterocycles. The topological polar surface area (TPSA) is 134 Å². The van der Waals surface area contributed by atoms with E-state index >= 15 is 0 Å². The summed E-state index contributed by atoms with van der Waals surface area (Å²) in [5.41, 5.74) is 5.27. The smallest absolute Gasteiger partial charge is 0.303 e. The van der Waals surface area contributed by atoms with Crippen molar-refractivity contribution in [3.05, 3.63) is 5.82 Å². The van der Waals surface area contributed by atoms with Crippen molar-refractivity contribution in [1.82, 2.24) is 20.5 Å². The first-order valence-electron chi connectivity index (χ1n) is 5.77. The standard InChI is InChI=1S/C10H17N5O3/c11-10-13-8(14-15-10)9(18)12-6-4-2-1-3-5-7(16)17/h1-6H2,(H,12,18)(H,16,17)(H3,11,13,14,15). The van der Waals surface area contributed by atoms with Gasteiger partial charge in [-0.1, -0.05) is 12.8 Å². The van der Waals surface area contributed by atoms with Crippen molar-refractivity contribution in [3.8, 4) is 0 Å². The number of aromatic nitrogens is 3. The molecule has 0 atom stereocenters. The minimum Gasteiger partial charge on any atom is -0.481 e. The molecule has 5 N–H and O–H groups in total. The SMILES string of the molecule is Nc1n[nH]c(C(=O)NCCCCCCC(=O)O)n1. The van der Waals surface area contributed by atoms with E-state index in [1.165, 1.54) is 0 Å². The van der Waals surface area contributed by atoms with Gasteiger partial charge >= 0.3 is 5.97 Å². The van der Waals surface area contributed by atoms with Crippen molar-refractivity contribution in [2.75, 3.05) is 12.3 Å². The molecule has 0 spiro atoms. The molecule has 1 amide bonds. The summed E-state index contributed by atoms with van der Waals surface area (Å²) in [6.07, 6.45) is 3.39. The highest BCUT2D eigenvalue weighted by Gasteiger charge is 2.09. The van der Waals surface area contributed by atoms with E-state index in [4.69, 9.17) is 10.8 Å². The van der Waals surface area contributed by atoms with Crippen LogP contribution >= 0.6 is 0 Å². The minimum absolute atomic E-state index is 0.0359. The second kappa shape index (κ2) is 7.25.